The zero-order valence-corrected chi connectivity index (χ0v) is 17.1. The number of nitrogens with one attached hydrogen (secondary N) is 2. The van der Waals surface area contributed by atoms with Gasteiger partial charge in [0.15, 0.2) is 5.96 Å². The minimum Gasteiger partial charge on any atom is -0.356 e. The zero-order valence-electron chi connectivity index (χ0n) is 14.8. The van der Waals surface area contributed by atoms with Gasteiger partial charge in [-0.2, -0.15) is 0 Å². The molecule has 1 aromatic carbocycles. The molecule has 2 N–H and O–H groups in total. The number of halogens is 1. The lowest BCUT2D eigenvalue weighted by atomic mass is 9.64. The van der Waals surface area contributed by atoms with Gasteiger partial charge in [-0.05, 0) is 24.8 Å². The summed E-state index contributed by atoms with van der Waals surface area (Å²) in [5, 5.41) is 6.93. The summed E-state index contributed by atoms with van der Waals surface area (Å²) in [5.74, 6) is 0.892. The molecule has 0 radical (unpaired) electrons. The summed E-state index contributed by atoms with van der Waals surface area (Å²) in [4.78, 5) is 8.41. The molecule has 1 saturated carbocycles. The van der Waals surface area contributed by atoms with Crippen molar-refractivity contribution in [3.8, 4) is 0 Å². The fourth-order valence-corrected chi connectivity index (χ4v) is 3.32. The highest BCUT2D eigenvalue weighted by atomic mass is 127. The number of aryl methyl sites for hydroxylation is 1. The van der Waals surface area contributed by atoms with E-state index in [0.717, 1.165) is 32.0 Å². The minimum atomic E-state index is 0. The first-order chi connectivity index (χ1) is 11.8. The molecule has 1 aliphatic rings. The van der Waals surface area contributed by atoms with Gasteiger partial charge in [-0.1, -0.05) is 36.8 Å². The average Bonchev–Trinajstić information content (AvgIpc) is 3.10. The highest BCUT2D eigenvalue weighted by Crippen LogP contribution is 2.43. The molecule has 1 fully saturated rings. The molecule has 0 spiro atoms. The van der Waals surface area contributed by atoms with Crippen molar-refractivity contribution in [1.29, 1.82) is 0 Å². The molecule has 2 aromatic rings. The number of guanidine groups is 1. The first-order valence-corrected chi connectivity index (χ1v) is 8.78. The van der Waals surface area contributed by atoms with Crippen molar-refractivity contribution in [3.05, 3.63) is 54.6 Å². The molecule has 0 unspecified atom stereocenters. The Morgan fingerprint density at radius 1 is 1.24 bits per heavy atom. The second kappa shape index (κ2) is 9.79. The SMILES string of the molecule is CN=C(NCCCn1ccnc1)NCC1(c2ccccc2)CCC1.I. The number of imidazole rings is 1. The lowest BCUT2D eigenvalue weighted by Gasteiger charge is -2.43. The Hall–Kier alpha value is -1.57. The summed E-state index contributed by atoms with van der Waals surface area (Å²) in [6.45, 7) is 2.81. The number of hydrogen-bond acceptors (Lipinski definition) is 2. The van der Waals surface area contributed by atoms with Crippen molar-refractivity contribution < 1.29 is 0 Å². The lowest BCUT2D eigenvalue weighted by Crippen LogP contribution is -2.49. The molecule has 1 aliphatic carbocycles. The zero-order chi connectivity index (χ0) is 16.7. The number of benzene rings is 1. The molecule has 0 aliphatic heterocycles. The monoisotopic (exact) mass is 453 g/mol. The third-order valence-electron chi connectivity index (χ3n) is 4.96. The topological polar surface area (TPSA) is 54.2 Å². The Balaban J connectivity index is 0.00000225. The molecular formula is C19H28IN5. The molecule has 3 rings (SSSR count). The Morgan fingerprint density at radius 3 is 2.64 bits per heavy atom. The second-order valence-corrected chi connectivity index (χ2v) is 6.51. The molecule has 5 nitrogen and oxygen atoms in total. The van der Waals surface area contributed by atoms with Crippen molar-refractivity contribution in [2.45, 2.75) is 37.6 Å². The number of hydrogen-bond donors (Lipinski definition) is 2. The van der Waals surface area contributed by atoms with E-state index in [1.807, 2.05) is 25.8 Å². The van der Waals surface area contributed by atoms with Crippen LogP contribution in [0.1, 0.15) is 31.2 Å². The highest BCUT2D eigenvalue weighted by molar-refractivity contribution is 14.0. The van der Waals surface area contributed by atoms with E-state index in [4.69, 9.17) is 0 Å². The molecule has 0 saturated heterocycles. The van der Waals surface area contributed by atoms with E-state index in [1.54, 1.807) is 0 Å². The van der Waals surface area contributed by atoms with Crippen molar-refractivity contribution in [3.63, 3.8) is 0 Å². The largest absolute Gasteiger partial charge is 0.356 e. The summed E-state index contributed by atoms with van der Waals surface area (Å²) in [5.41, 5.74) is 1.72. The van der Waals surface area contributed by atoms with Crippen LogP contribution < -0.4 is 10.6 Å². The molecule has 0 amide bonds. The molecule has 0 atom stereocenters. The smallest absolute Gasteiger partial charge is 0.191 e. The van der Waals surface area contributed by atoms with Gasteiger partial charge in [-0.15, -0.1) is 24.0 Å². The standard InChI is InChI=1S/C19H27N5.HI/c1-20-18(22-11-6-13-24-14-12-21-16-24)23-15-19(9-5-10-19)17-7-3-2-4-8-17;/h2-4,7-8,12,14,16H,5-6,9-11,13,15H2,1H3,(H2,20,22,23);1H. The van der Waals surface area contributed by atoms with Gasteiger partial charge in [0.25, 0.3) is 0 Å². The molecular weight excluding hydrogens is 425 g/mol. The summed E-state index contributed by atoms with van der Waals surface area (Å²) in [7, 11) is 1.83. The summed E-state index contributed by atoms with van der Waals surface area (Å²) >= 11 is 0. The summed E-state index contributed by atoms with van der Waals surface area (Å²) in [6.07, 6.45) is 10.5. The van der Waals surface area contributed by atoms with Crippen molar-refractivity contribution in [1.82, 2.24) is 20.2 Å². The van der Waals surface area contributed by atoms with Crippen LogP contribution >= 0.6 is 24.0 Å². The van der Waals surface area contributed by atoms with Crippen LogP contribution in [0.2, 0.25) is 0 Å². The van der Waals surface area contributed by atoms with E-state index in [9.17, 15) is 0 Å². The Labute approximate surface area is 167 Å². The number of rotatable bonds is 7. The summed E-state index contributed by atoms with van der Waals surface area (Å²) in [6, 6.07) is 10.9. The predicted octanol–water partition coefficient (Wildman–Crippen LogP) is 3.18. The third-order valence-corrected chi connectivity index (χ3v) is 4.96. The fourth-order valence-electron chi connectivity index (χ4n) is 3.32. The number of nitrogens with zero attached hydrogens (tertiary/aromatic N) is 3. The Kier molecular flexibility index (Phi) is 7.74. The highest BCUT2D eigenvalue weighted by Gasteiger charge is 2.38. The van der Waals surface area contributed by atoms with Gasteiger partial charge >= 0.3 is 0 Å². The maximum Gasteiger partial charge on any atom is 0.191 e. The van der Waals surface area contributed by atoms with Crippen LogP contribution in [0.4, 0.5) is 0 Å². The van der Waals surface area contributed by atoms with E-state index in [-0.39, 0.29) is 29.4 Å². The van der Waals surface area contributed by atoms with Gasteiger partial charge in [-0.25, -0.2) is 4.98 Å². The minimum absolute atomic E-state index is 0. The maximum atomic E-state index is 4.35. The number of aromatic nitrogens is 2. The predicted molar refractivity (Wildman–Crippen MR) is 114 cm³/mol. The first kappa shape index (κ1) is 19.8. The van der Waals surface area contributed by atoms with Crippen molar-refractivity contribution >= 4 is 29.9 Å². The normalized spacial score (nSPS) is 15.8. The molecule has 136 valence electrons. The van der Waals surface area contributed by atoms with Gasteiger partial charge in [0.2, 0.25) is 0 Å². The fraction of sp³-hybridized carbons (Fsp3) is 0.474. The van der Waals surface area contributed by atoms with Crippen LogP contribution in [0.5, 0.6) is 0 Å². The third kappa shape index (κ3) is 5.20. The van der Waals surface area contributed by atoms with Gasteiger partial charge in [0.05, 0.1) is 6.33 Å². The average molecular weight is 453 g/mol. The van der Waals surface area contributed by atoms with Gasteiger partial charge in [0.1, 0.15) is 0 Å². The van der Waals surface area contributed by atoms with Crippen molar-refractivity contribution in [2.75, 3.05) is 20.1 Å². The molecule has 0 bridgehead atoms. The van der Waals surface area contributed by atoms with E-state index in [2.05, 4.69) is 55.5 Å². The van der Waals surface area contributed by atoms with Gasteiger partial charge in [-0.3, -0.25) is 4.99 Å². The summed E-state index contributed by atoms with van der Waals surface area (Å²) < 4.78 is 2.09. The van der Waals surface area contributed by atoms with Gasteiger partial charge < -0.3 is 15.2 Å². The van der Waals surface area contributed by atoms with Crippen LogP contribution in [0.25, 0.3) is 0 Å². The van der Waals surface area contributed by atoms with E-state index in [0.29, 0.717) is 0 Å². The molecule has 1 heterocycles. The first-order valence-electron chi connectivity index (χ1n) is 8.78. The van der Waals surface area contributed by atoms with Crippen LogP contribution in [0.15, 0.2) is 54.0 Å². The lowest BCUT2D eigenvalue weighted by molar-refractivity contribution is 0.244. The van der Waals surface area contributed by atoms with Crippen LogP contribution in [0.3, 0.4) is 0 Å². The maximum absolute atomic E-state index is 4.35. The Morgan fingerprint density at radius 2 is 2.04 bits per heavy atom. The van der Waals surface area contributed by atoms with E-state index in [1.165, 1.54) is 24.8 Å². The number of aliphatic imine (C=N–C) groups is 1. The van der Waals surface area contributed by atoms with Crippen LogP contribution in [-0.2, 0) is 12.0 Å². The van der Waals surface area contributed by atoms with Crippen LogP contribution in [0, 0.1) is 0 Å². The van der Waals surface area contributed by atoms with Crippen LogP contribution in [-0.4, -0.2) is 35.6 Å². The molecule has 25 heavy (non-hydrogen) atoms. The van der Waals surface area contributed by atoms with Crippen molar-refractivity contribution in [2.24, 2.45) is 4.99 Å². The van der Waals surface area contributed by atoms with E-state index < -0.39 is 0 Å². The molecule has 1 aromatic heterocycles. The molecule has 6 heteroatoms. The second-order valence-electron chi connectivity index (χ2n) is 6.51. The quantitative estimate of drug-likeness (QED) is 0.293. The van der Waals surface area contributed by atoms with Gasteiger partial charge in [0, 0.05) is 44.5 Å². The van der Waals surface area contributed by atoms with E-state index >= 15 is 0 Å². The Bertz CT molecular complexity index is 635.